The second-order valence-corrected chi connectivity index (χ2v) is 11.2. The molecule has 9 nitrogen and oxygen atoms in total. The number of urea groups is 1. The van der Waals surface area contributed by atoms with Gasteiger partial charge < -0.3 is 5.32 Å². The van der Waals surface area contributed by atoms with E-state index in [9.17, 15) is 13.4 Å². The molecule has 3 heterocycles. The Morgan fingerprint density at radius 2 is 2.00 bits per heavy atom. The van der Waals surface area contributed by atoms with Crippen LogP contribution in [0.4, 0.5) is 14.9 Å². The summed E-state index contributed by atoms with van der Waals surface area (Å²) in [6, 6.07) is 5.13. The summed E-state index contributed by atoms with van der Waals surface area (Å²) < 4.78 is 39.9. The highest BCUT2D eigenvalue weighted by Crippen LogP contribution is 2.36. The van der Waals surface area contributed by atoms with Gasteiger partial charge in [-0.1, -0.05) is 31.5 Å². The highest BCUT2D eigenvalue weighted by molar-refractivity contribution is 7.91. The summed E-state index contributed by atoms with van der Waals surface area (Å²) in [5.74, 6) is -0.598. The van der Waals surface area contributed by atoms with Gasteiger partial charge >= 0.3 is 6.03 Å². The molecule has 3 N–H and O–H groups in total. The molecule has 192 valence electrons. The van der Waals surface area contributed by atoms with Crippen LogP contribution in [-0.4, -0.2) is 43.0 Å². The summed E-state index contributed by atoms with van der Waals surface area (Å²) in [5, 5.41) is 6.79. The Labute approximate surface area is 215 Å². The van der Waals surface area contributed by atoms with Gasteiger partial charge in [0.15, 0.2) is 14.9 Å². The molecule has 1 aliphatic heterocycles. The Hall–Kier alpha value is -3.02. The van der Waals surface area contributed by atoms with Crippen LogP contribution in [0.2, 0.25) is 5.02 Å². The van der Waals surface area contributed by atoms with Crippen LogP contribution in [-0.2, 0) is 17.0 Å². The molecule has 36 heavy (non-hydrogen) atoms. The number of aryl methyl sites for hydroxylation is 1. The number of carbonyl (C=O) groups excluding carboxylic acids is 1. The second-order valence-electron chi connectivity index (χ2n) is 9.12. The van der Waals surface area contributed by atoms with Crippen molar-refractivity contribution in [3.05, 3.63) is 58.8 Å². The Morgan fingerprint density at radius 3 is 2.58 bits per heavy atom. The lowest BCUT2D eigenvalue weighted by Crippen LogP contribution is -2.39. The second kappa shape index (κ2) is 10.2. The van der Waals surface area contributed by atoms with Gasteiger partial charge in [0.05, 0.1) is 17.4 Å². The molecule has 1 aliphatic rings. The zero-order valence-corrected chi connectivity index (χ0v) is 22.1. The molecule has 4 rings (SSSR count). The molecule has 2 aromatic heterocycles. The van der Waals surface area contributed by atoms with E-state index < -0.39 is 21.8 Å². The molecule has 0 radical (unpaired) electrons. The third-order valence-corrected chi connectivity index (χ3v) is 8.10. The SMILES string of the molecule is CC(C)c1cc(F)cc(-c2cccnc2)c1NC(=O)NS(=N)(=O)c1nn(C)c(C(C)N2CCC2)c1Cl. The number of amides is 2. The van der Waals surface area contributed by atoms with Crippen molar-refractivity contribution in [2.45, 2.75) is 44.2 Å². The van der Waals surface area contributed by atoms with Crippen molar-refractivity contribution in [1.29, 1.82) is 4.78 Å². The van der Waals surface area contributed by atoms with E-state index in [1.165, 1.54) is 16.8 Å². The third kappa shape index (κ3) is 5.09. The molecular weight excluding hydrogens is 505 g/mol. The Kier molecular flexibility index (Phi) is 7.35. The molecule has 1 fully saturated rings. The average molecular weight is 534 g/mol. The van der Waals surface area contributed by atoms with Crippen molar-refractivity contribution in [3.8, 4) is 11.1 Å². The predicted molar refractivity (Wildman–Crippen MR) is 138 cm³/mol. The minimum Gasteiger partial charge on any atom is -0.306 e. The Morgan fingerprint density at radius 1 is 1.28 bits per heavy atom. The fourth-order valence-corrected chi connectivity index (χ4v) is 5.96. The molecule has 2 unspecified atom stereocenters. The monoisotopic (exact) mass is 533 g/mol. The molecule has 0 spiro atoms. The first kappa shape index (κ1) is 26.1. The number of hydrogen-bond donors (Lipinski definition) is 3. The summed E-state index contributed by atoms with van der Waals surface area (Å²) >= 11 is 6.54. The fraction of sp³-hybridized carbons (Fsp3) is 0.375. The van der Waals surface area contributed by atoms with Gasteiger partial charge in [0, 0.05) is 43.7 Å². The van der Waals surface area contributed by atoms with E-state index in [1.807, 2.05) is 20.8 Å². The van der Waals surface area contributed by atoms with E-state index in [4.69, 9.17) is 16.4 Å². The van der Waals surface area contributed by atoms with E-state index >= 15 is 0 Å². The summed E-state index contributed by atoms with van der Waals surface area (Å²) in [4.78, 5) is 19.3. The smallest absolute Gasteiger partial charge is 0.306 e. The number of anilines is 1. The van der Waals surface area contributed by atoms with Gasteiger partial charge in [0.25, 0.3) is 0 Å². The molecule has 0 bridgehead atoms. The summed E-state index contributed by atoms with van der Waals surface area (Å²) in [5.41, 5.74) is 2.53. The number of likely N-dealkylation sites (tertiary alicyclic amines) is 1. The third-order valence-electron chi connectivity index (χ3n) is 6.31. The number of rotatable bonds is 7. The topological polar surface area (TPSA) is 116 Å². The number of hydrogen-bond acceptors (Lipinski definition) is 6. The minimum atomic E-state index is -3.91. The molecule has 0 aliphatic carbocycles. The number of nitrogens with one attached hydrogen (secondary N) is 3. The van der Waals surface area contributed by atoms with Crippen LogP contribution in [0.25, 0.3) is 11.1 Å². The molecule has 3 aromatic rings. The highest BCUT2D eigenvalue weighted by Gasteiger charge is 2.31. The van der Waals surface area contributed by atoms with Gasteiger partial charge in [-0.25, -0.2) is 22.9 Å². The number of pyridine rings is 1. The van der Waals surface area contributed by atoms with E-state index in [1.54, 1.807) is 31.6 Å². The van der Waals surface area contributed by atoms with Crippen LogP contribution in [0.3, 0.4) is 0 Å². The van der Waals surface area contributed by atoms with Crippen molar-refractivity contribution in [1.82, 2.24) is 24.4 Å². The average Bonchev–Trinajstić information content (AvgIpc) is 3.08. The Balaban J connectivity index is 1.64. The van der Waals surface area contributed by atoms with Crippen molar-refractivity contribution >= 4 is 33.2 Å². The Bertz CT molecular complexity index is 1390. The summed E-state index contributed by atoms with van der Waals surface area (Å²) in [6.45, 7) is 7.55. The number of benzene rings is 1. The van der Waals surface area contributed by atoms with Crippen molar-refractivity contribution < 1.29 is 13.4 Å². The number of carbonyl (C=O) groups is 1. The van der Waals surface area contributed by atoms with Gasteiger partial charge in [-0.15, -0.1) is 0 Å². The highest BCUT2D eigenvalue weighted by atomic mass is 35.5. The van der Waals surface area contributed by atoms with Crippen LogP contribution >= 0.6 is 11.6 Å². The molecule has 0 saturated carbocycles. The van der Waals surface area contributed by atoms with E-state index in [0.29, 0.717) is 28.1 Å². The quantitative estimate of drug-likeness (QED) is 0.381. The van der Waals surface area contributed by atoms with Crippen LogP contribution in [0.1, 0.15) is 50.4 Å². The first-order valence-corrected chi connectivity index (χ1v) is 13.5. The maximum atomic E-state index is 14.5. The maximum Gasteiger partial charge on any atom is 0.332 e. The molecule has 1 saturated heterocycles. The van der Waals surface area contributed by atoms with Gasteiger partial charge in [-0.3, -0.25) is 14.6 Å². The molecule has 2 amide bonds. The number of aromatic nitrogens is 3. The van der Waals surface area contributed by atoms with E-state index in [2.05, 4.69) is 25.0 Å². The first-order chi connectivity index (χ1) is 17.0. The zero-order chi connectivity index (χ0) is 26.2. The number of nitrogens with zero attached hydrogens (tertiary/aromatic N) is 4. The van der Waals surface area contributed by atoms with E-state index in [-0.39, 0.29) is 22.0 Å². The molecule has 12 heteroatoms. The maximum absolute atomic E-state index is 14.5. The van der Waals surface area contributed by atoms with Crippen molar-refractivity contribution in [2.75, 3.05) is 18.4 Å². The van der Waals surface area contributed by atoms with Gasteiger partial charge in [0.1, 0.15) is 10.8 Å². The zero-order valence-electron chi connectivity index (χ0n) is 20.5. The standard InChI is InChI=1S/C24H29ClFN7O2S/c1-14(2)18-11-17(26)12-19(16-7-5-8-28-13-16)21(18)29-24(34)31-36(27,35)23-20(25)22(32(4)30-23)15(3)33-9-6-10-33/h5,7-8,11-15H,6,9-10H2,1-4H3,(H3,27,29,31,34,35). The fourth-order valence-electron chi connectivity index (χ4n) is 4.31. The summed E-state index contributed by atoms with van der Waals surface area (Å²) in [6.07, 6.45) is 4.24. The summed E-state index contributed by atoms with van der Waals surface area (Å²) in [7, 11) is -2.24. The first-order valence-electron chi connectivity index (χ1n) is 11.6. The van der Waals surface area contributed by atoms with Crippen LogP contribution in [0.15, 0.2) is 41.7 Å². The number of halogens is 2. The largest absolute Gasteiger partial charge is 0.332 e. The van der Waals surface area contributed by atoms with Gasteiger partial charge in [-0.2, -0.15) is 5.10 Å². The predicted octanol–water partition coefficient (Wildman–Crippen LogP) is 5.31. The molecular formula is C24H29ClFN7O2S. The van der Waals surface area contributed by atoms with E-state index in [0.717, 1.165) is 19.5 Å². The lowest BCUT2D eigenvalue weighted by Gasteiger charge is -2.36. The normalized spacial score (nSPS) is 16.3. The van der Waals surface area contributed by atoms with Gasteiger partial charge in [0.2, 0.25) is 0 Å². The van der Waals surface area contributed by atoms with Crippen molar-refractivity contribution in [3.63, 3.8) is 0 Å². The van der Waals surface area contributed by atoms with Crippen molar-refractivity contribution in [2.24, 2.45) is 7.05 Å². The van der Waals surface area contributed by atoms with Gasteiger partial charge in [-0.05, 0) is 43.0 Å². The minimum absolute atomic E-state index is 0.0728. The lowest BCUT2D eigenvalue weighted by atomic mass is 9.94. The molecule has 1 aromatic carbocycles. The lowest BCUT2D eigenvalue weighted by molar-refractivity contribution is 0.123. The van der Waals surface area contributed by atoms with Crippen LogP contribution < -0.4 is 10.0 Å². The van der Waals surface area contributed by atoms with Crippen LogP contribution in [0, 0.1) is 10.6 Å². The van der Waals surface area contributed by atoms with Crippen LogP contribution in [0.5, 0.6) is 0 Å². The molecule has 2 atom stereocenters.